The molecule has 0 radical (unpaired) electrons. The van der Waals surface area contributed by atoms with Gasteiger partial charge in [0.2, 0.25) is 0 Å². The highest BCUT2D eigenvalue weighted by atomic mass is 32.2. The molecule has 1 N–H and O–H groups in total. The molecule has 0 rings (SSSR count). The molecule has 0 aromatic rings. The molecular weight excluding hydrogens is 152 g/mol. The van der Waals surface area contributed by atoms with E-state index in [4.69, 9.17) is 5.11 Å². The minimum atomic E-state index is -0.611. The number of hydrogen-bond donors (Lipinski definition) is 1. The predicted octanol–water partition coefficient (Wildman–Crippen LogP) is 0.00990. The highest BCUT2D eigenvalue weighted by molar-refractivity contribution is 7.89. The van der Waals surface area contributed by atoms with Crippen molar-refractivity contribution in [1.29, 1.82) is 0 Å². The molecule has 64 valence electrons. The van der Waals surface area contributed by atoms with E-state index in [1.807, 2.05) is 0 Å². The minimum Gasteiger partial charge on any atom is -0.617 e. The summed E-state index contributed by atoms with van der Waals surface area (Å²) in [4.78, 5) is 0. The van der Waals surface area contributed by atoms with Crippen molar-refractivity contribution < 1.29 is 14.4 Å². The highest BCUT2D eigenvalue weighted by Crippen LogP contribution is 1.72. The third-order valence-electron chi connectivity index (χ3n) is 0.507. The molecule has 3 nitrogen and oxygen atoms in total. The Balaban J connectivity index is 0. The first kappa shape index (κ1) is 12.9. The van der Waals surface area contributed by atoms with Crippen LogP contribution in [0.3, 0.4) is 0 Å². The maximum Gasteiger partial charge on any atom is 0.0946 e. The second kappa shape index (κ2) is 12.0. The van der Waals surface area contributed by atoms with Crippen LogP contribution in [0.5, 0.6) is 0 Å². The van der Waals surface area contributed by atoms with Crippen molar-refractivity contribution >= 4 is 11.2 Å². The second-order valence-corrected chi connectivity index (χ2v) is 3.29. The lowest BCUT2D eigenvalue weighted by Gasteiger charge is -1.89. The van der Waals surface area contributed by atoms with Crippen LogP contribution < -0.4 is 0 Å². The molecule has 0 aliphatic heterocycles. The molecule has 10 heavy (non-hydrogen) atoms. The zero-order chi connectivity index (χ0) is 8.41. The van der Waals surface area contributed by atoms with Gasteiger partial charge in [0.15, 0.2) is 0 Å². The monoisotopic (exact) mass is 168 g/mol. The molecule has 0 saturated heterocycles. The number of hydrogen-bond acceptors (Lipinski definition) is 3. The lowest BCUT2D eigenvalue weighted by Crippen LogP contribution is -1.90. The molecule has 0 saturated carbocycles. The Bertz CT molecular complexity index is 43.5. The lowest BCUT2D eigenvalue weighted by molar-refractivity contribution is 0.166. The van der Waals surface area contributed by atoms with Gasteiger partial charge in [-0.25, -0.2) is 0 Å². The van der Waals surface area contributed by atoms with Gasteiger partial charge in [-0.2, -0.15) is 0 Å². The first-order valence-corrected chi connectivity index (χ1v) is 4.96. The first-order chi connectivity index (χ1) is 4.65. The largest absolute Gasteiger partial charge is 0.617 e. The van der Waals surface area contributed by atoms with Crippen LogP contribution in [0.1, 0.15) is 6.42 Å². The molecule has 0 aliphatic carbocycles. The van der Waals surface area contributed by atoms with Crippen LogP contribution in [0.15, 0.2) is 0 Å². The van der Waals surface area contributed by atoms with E-state index >= 15 is 0 Å². The summed E-state index contributed by atoms with van der Waals surface area (Å²) in [7, 11) is 1.62. The third-order valence-corrected chi connectivity index (χ3v) is 0.507. The van der Waals surface area contributed by atoms with Crippen LogP contribution in [-0.2, 0) is 15.9 Å². The average Bonchev–Trinajstić information content (AvgIpc) is 1.82. The van der Waals surface area contributed by atoms with E-state index in [0.29, 0.717) is 6.61 Å². The Labute approximate surface area is 65.6 Å². The fourth-order valence-corrected chi connectivity index (χ4v) is 0.209. The van der Waals surface area contributed by atoms with Crippen molar-refractivity contribution in [3.05, 3.63) is 0 Å². The molecule has 0 bridgehead atoms. The molecule has 4 heteroatoms. The molecule has 0 amide bonds. The van der Waals surface area contributed by atoms with Gasteiger partial charge in [-0.15, -0.1) is 0 Å². The van der Waals surface area contributed by atoms with E-state index in [-0.39, 0.29) is 6.61 Å². The number of rotatable bonds is 3. The summed E-state index contributed by atoms with van der Waals surface area (Å²) in [5.74, 6) is 0. The highest BCUT2D eigenvalue weighted by Gasteiger charge is 1.75. The summed E-state index contributed by atoms with van der Waals surface area (Å²) in [6.45, 7) is 0.893. The molecule has 0 spiro atoms. The fraction of sp³-hybridized carbons (Fsp3) is 1.00. The van der Waals surface area contributed by atoms with E-state index in [9.17, 15) is 4.55 Å². The second-order valence-electron chi connectivity index (χ2n) is 1.81. The maximum atomic E-state index is 9.56. The molecule has 0 aromatic heterocycles. The van der Waals surface area contributed by atoms with Crippen molar-refractivity contribution in [2.24, 2.45) is 0 Å². The Hall–Kier alpha value is 0.230. The summed E-state index contributed by atoms with van der Waals surface area (Å²) >= 11 is -0.611. The van der Waals surface area contributed by atoms with Crippen molar-refractivity contribution in [3.63, 3.8) is 0 Å². The van der Waals surface area contributed by atoms with Gasteiger partial charge in [0.1, 0.15) is 0 Å². The van der Waals surface area contributed by atoms with Crippen LogP contribution in [0.25, 0.3) is 0 Å². The lowest BCUT2D eigenvalue weighted by atomic mass is 10.5. The van der Waals surface area contributed by atoms with E-state index < -0.39 is 11.2 Å². The number of aliphatic hydroxyl groups is 1. The Morgan fingerprint density at radius 1 is 1.50 bits per heavy atom. The Kier molecular flexibility index (Phi) is 15.4. The fourth-order valence-electron chi connectivity index (χ4n) is 0.209. The third kappa shape index (κ3) is 41.2. The smallest absolute Gasteiger partial charge is 0.0946 e. The standard InChI is InChI=1S/C4H10O2.C2H6OS/c1-6-4-2-3-5;1-4(2)3/h5H,2-4H2,1H3;1-2H3. The van der Waals surface area contributed by atoms with E-state index in [2.05, 4.69) is 4.74 Å². The summed E-state index contributed by atoms with van der Waals surface area (Å²) in [5, 5.41) is 8.12. The summed E-state index contributed by atoms with van der Waals surface area (Å²) < 4.78 is 14.2. The van der Waals surface area contributed by atoms with Gasteiger partial charge in [-0.05, 0) is 6.42 Å². The molecule has 0 heterocycles. The topological polar surface area (TPSA) is 52.5 Å². The zero-order valence-electron chi connectivity index (χ0n) is 6.79. The molecule has 0 aromatic carbocycles. The van der Waals surface area contributed by atoms with Crippen molar-refractivity contribution in [3.8, 4) is 0 Å². The summed E-state index contributed by atoms with van der Waals surface area (Å²) in [6, 6.07) is 0. The number of ether oxygens (including phenoxy) is 1. The van der Waals surface area contributed by atoms with Crippen molar-refractivity contribution in [1.82, 2.24) is 0 Å². The Morgan fingerprint density at radius 2 is 1.90 bits per heavy atom. The Morgan fingerprint density at radius 3 is 2.00 bits per heavy atom. The molecule has 0 fully saturated rings. The quantitative estimate of drug-likeness (QED) is 0.477. The zero-order valence-corrected chi connectivity index (χ0v) is 7.61. The average molecular weight is 168 g/mol. The van der Waals surface area contributed by atoms with Crippen LogP contribution in [0.2, 0.25) is 0 Å². The minimum absolute atomic E-state index is 0.230. The maximum absolute atomic E-state index is 9.56. The normalized spacial score (nSPS) is 9.00. The van der Waals surface area contributed by atoms with Crippen molar-refractivity contribution in [2.45, 2.75) is 6.42 Å². The summed E-state index contributed by atoms with van der Waals surface area (Å²) in [6.07, 6.45) is 4.02. The SMILES string of the molecule is COCCCO.C[S+](C)[O-]. The molecule has 0 unspecified atom stereocenters. The van der Waals surface area contributed by atoms with Gasteiger partial charge < -0.3 is 14.4 Å². The van der Waals surface area contributed by atoms with Gasteiger partial charge in [-0.3, -0.25) is 0 Å². The molecular formula is C6H16O3S. The van der Waals surface area contributed by atoms with Gasteiger partial charge in [0.25, 0.3) is 0 Å². The van der Waals surface area contributed by atoms with Gasteiger partial charge in [-0.1, -0.05) is 11.2 Å². The number of aliphatic hydroxyl groups excluding tert-OH is 1. The molecule has 0 aliphatic rings. The van der Waals surface area contributed by atoms with Crippen molar-refractivity contribution in [2.75, 3.05) is 32.8 Å². The van der Waals surface area contributed by atoms with Crippen LogP contribution in [0, 0.1) is 0 Å². The van der Waals surface area contributed by atoms with Crippen LogP contribution in [0.4, 0.5) is 0 Å². The van der Waals surface area contributed by atoms with E-state index in [0.717, 1.165) is 6.42 Å². The number of methoxy groups -OCH3 is 1. The van der Waals surface area contributed by atoms with E-state index in [1.54, 1.807) is 19.6 Å². The van der Waals surface area contributed by atoms with Gasteiger partial charge in [0.05, 0.1) is 12.5 Å². The first-order valence-electron chi connectivity index (χ1n) is 3.00. The van der Waals surface area contributed by atoms with E-state index in [1.165, 1.54) is 0 Å². The predicted molar refractivity (Wildman–Crippen MR) is 43.6 cm³/mol. The van der Waals surface area contributed by atoms with Crippen LogP contribution >= 0.6 is 0 Å². The van der Waals surface area contributed by atoms with Gasteiger partial charge >= 0.3 is 0 Å². The summed E-state index contributed by atoms with van der Waals surface area (Å²) in [5.41, 5.74) is 0. The molecule has 0 atom stereocenters. The van der Waals surface area contributed by atoms with Gasteiger partial charge in [0, 0.05) is 20.3 Å². The van der Waals surface area contributed by atoms with Crippen LogP contribution in [-0.4, -0.2) is 42.5 Å².